The smallest absolute Gasteiger partial charge is 0.303 e. The first-order chi connectivity index (χ1) is 17.3. The number of carboxylic acid groups (broad SMARTS) is 1. The van der Waals surface area contributed by atoms with Crippen LogP contribution in [0.2, 0.25) is 0 Å². The Balaban J connectivity index is 1.55. The van der Waals surface area contributed by atoms with Crippen molar-refractivity contribution in [3.8, 4) is 0 Å². The number of nitrogens with one attached hydrogen (secondary N) is 1. The third-order valence-electron chi connectivity index (χ3n) is 7.14. The molecule has 3 aromatic rings. The van der Waals surface area contributed by atoms with Gasteiger partial charge in [-0.15, -0.1) is 0 Å². The second kappa shape index (κ2) is 11.3. The highest BCUT2D eigenvalue weighted by Crippen LogP contribution is 2.38. The first kappa shape index (κ1) is 25.4. The molecule has 0 aliphatic heterocycles. The molecule has 1 aromatic heterocycles. The van der Waals surface area contributed by atoms with Gasteiger partial charge >= 0.3 is 5.97 Å². The summed E-state index contributed by atoms with van der Waals surface area (Å²) >= 11 is 0. The molecule has 4 rings (SSSR count). The second-order valence-corrected chi connectivity index (χ2v) is 9.71. The number of amides is 1. The van der Waals surface area contributed by atoms with Gasteiger partial charge in [0.15, 0.2) is 0 Å². The van der Waals surface area contributed by atoms with Crippen LogP contribution in [0.4, 0.5) is 5.69 Å². The maximum absolute atomic E-state index is 13.6. The standard InChI is InChI=1S/C29H33N3O4/c1-19-10-16-26(33)32(31-19)18-21-11-13-24(14-12-21)28(23-6-3-4-7-23)29(36)30-25-9-5-8-22(20(25)2)15-17-27(34)35/h5,8-14,16,23,28H,3-4,6-7,15,17-18H2,1-2H3,(H,30,36)(H,34,35). The Morgan fingerprint density at radius 2 is 1.78 bits per heavy atom. The summed E-state index contributed by atoms with van der Waals surface area (Å²) in [5.41, 5.74) is 5.12. The van der Waals surface area contributed by atoms with Gasteiger partial charge < -0.3 is 10.4 Å². The molecule has 1 fully saturated rings. The first-order valence-corrected chi connectivity index (χ1v) is 12.6. The summed E-state index contributed by atoms with van der Waals surface area (Å²) in [6.07, 6.45) is 4.76. The number of rotatable bonds is 9. The summed E-state index contributed by atoms with van der Waals surface area (Å²) in [4.78, 5) is 36.8. The lowest BCUT2D eigenvalue weighted by molar-refractivity contribution is -0.137. The Hall–Kier alpha value is -3.74. The van der Waals surface area contributed by atoms with Crippen LogP contribution in [-0.2, 0) is 22.6 Å². The lowest BCUT2D eigenvalue weighted by Gasteiger charge is -2.24. The Labute approximate surface area is 211 Å². The average Bonchev–Trinajstić information content (AvgIpc) is 3.37. The molecular weight excluding hydrogens is 454 g/mol. The molecule has 1 aliphatic carbocycles. The van der Waals surface area contributed by atoms with Crippen LogP contribution in [0.5, 0.6) is 0 Å². The van der Waals surface area contributed by atoms with Crippen molar-refractivity contribution >= 4 is 17.6 Å². The number of benzene rings is 2. The first-order valence-electron chi connectivity index (χ1n) is 12.6. The van der Waals surface area contributed by atoms with Gasteiger partial charge in [-0.05, 0) is 73.4 Å². The number of anilines is 1. The Morgan fingerprint density at radius 1 is 1.06 bits per heavy atom. The lowest BCUT2D eigenvalue weighted by Crippen LogP contribution is -2.27. The van der Waals surface area contributed by atoms with Gasteiger partial charge in [0.25, 0.3) is 5.56 Å². The number of aryl methyl sites for hydroxylation is 2. The SMILES string of the molecule is Cc1ccc(=O)n(Cc2ccc(C(C(=O)Nc3cccc(CCC(=O)O)c3C)C3CCCC3)cc2)n1. The summed E-state index contributed by atoms with van der Waals surface area (Å²) in [6, 6.07) is 16.8. The Morgan fingerprint density at radius 3 is 2.47 bits per heavy atom. The molecule has 0 saturated heterocycles. The number of carboxylic acids is 1. The van der Waals surface area contributed by atoms with E-state index in [-0.39, 0.29) is 29.7 Å². The minimum atomic E-state index is -0.836. The predicted molar refractivity (Wildman–Crippen MR) is 139 cm³/mol. The summed E-state index contributed by atoms with van der Waals surface area (Å²) in [6.45, 7) is 4.16. The average molecular weight is 488 g/mol. The van der Waals surface area contributed by atoms with Gasteiger partial charge in [0.2, 0.25) is 5.91 Å². The fourth-order valence-electron chi connectivity index (χ4n) is 5.14. The van der Waals surface area contributed by atoms with Crippen molar-refractivity contribution in [2.24, 2.45) is 5.92 Å². The van der Waals surface area contributed by atoms with Crippen molar-refractivity contribution in [2.45, 2.75) is 64.8 Å². The van der Waals surface area contributed by atoms with E-state index in [0.29, 0.717) is 13.0 Å². The van der Waals surface area contributed by atoms with E-state index in [9.17, 15) is 14.4 Å². The summed E-state index contributed by atoms with van der Waals surface area (Å²) in [7, 11) is 0. The highest BCUT2D eigenvalue weighted by atomic mass is 16.4. The second-order valence-electron chi connectivity index (χ2n) is 9.71. The van der Waals surface area contributed by atoms with Crippen molar-refractivity contribution in [3.05, 3.63) is 92.9 Å². The Kier molecular flexibility index (Phi) is 7.98. The predicted octanol–water partition coefficient (Wildman–Crippen LogP) is 4.84. The van der Waals surface area contributed by atoms with Crippen molar-refractivity contribution in [1.29, 1.82) is 0 Å². The lowest BCUT2D eigenvalue weighted by atomic mass is 9.83. The molecule has 0 spiro atoms. The van der Waals surface area contributed by atoms with E-state index in [1.807, 2.05) is 56.3 Å². The fourth-order valence-corrected chi connectivity index (χ4v) is 5.14. The molecule has 1 atom stereocenters. The van der Waals surface area contributed by atoms with Gasteiger partial charge in [0.1, 0.15) is 0 Å². The van der Waals surface area contributed by atoms with E-state index < -0.39 is 5.97 Å². The van der Waals surface area contributed by atoms with E-state index in [4.69, 9.17) is 5.11 Å². The van der Waals surface area contributed by atoms with Gasteiger partial charge in [-0.3, -0.25) is 14.4 Å². The zero-order valence-electron chi connectivity index (χ0n) is 20.9. The molecule has 7 heteroatoms. The van der Waals surface area contributed by atoms with Gasteiger partial charge in [-0.2, -0.15) is 5.10 Å². The number of aliphatic carboxylic acids is 1. The topological polar surface area (TPSA) is 101 Å². The number of aromatic nitrogens is 2. The van der Waals surface area contributed by atoms with Crippen LogP contribution in [0.15, 0.2) is 59.4 Å². The van der Waals surface area contributed by atoms with Gasteiger partial charge in [0, 0.05) is 18.2 Å². The van der Waals surface area contributed by atoms with Crippen molar-refractivity contribution < 1.29 is 14.7 Å². The summed E-state index contributed by atoms with van der Waals surface area (Å²) < 4.78 is 1.45. The van der Waals surface area contributed by atoms with Crippen molar-refractivity contribution in [2.75, 3.05) is 5.32 Å². The molecule has 188 valence electrons. The molecule has 1 aliphatic rings. The highest BCUT2D eigenvalue weighted by molar-refractivity contribution is 5.96. The third kappa shape index (κ3) is 6.08. The van der Waals surface area contributed by atoms with Crippen molar-refractivity contribution in [3.63, 3.8) is 0 Å². The van der Waals surface area contributed by atoms with E-state index >= 15 is 0 Å². The molecule has 1 amide bonds. The van der Waals surface area contributed by atoms with Crippen LogP contribution in [-0.4, -0.2) is 26.8 Å². The minimum Gasteiger partial charge on any atom is -0.481 e. The molecule has 0 bridgehead atoms. The number of carbonyl (C=O) groups excluding carboxylic acids is 1. The van der Waals surface area contributed by atoms with E-state index in [1.54, 1.807) is 6.07 Å². The molecule has 1 heterocycles. The molecule has 1 unspecified atom stereocenters. The molecular formula is C29H33N3O4. The van der Waals surface area contributed by atoms with Gasteiger partial charge in [0.05, 0.1) is 18.2 Å². The fraction of sp³-hybridized carbons (Fsp3) is 0.379. The van der Waals surface area contributed by atoms with E-state index in [1.165, 1.54) is 10.7 Å². The zero-order valence-corrected chi connectivity index (χ0v) is 20.9. The van der Waals surface area contributed by atoms with Crippen LogP contribution in [0.1, 0.15) is 66.0 Å². The molecule has 0 radical (unpaired) electrons. The molecule has 7 nitrogen and oxygen atoms in total. The maximum atomic E-state index is 13.6. The number of nitrogens with zero attached hydrogens (tertiary/aromatic N) is 2. The molecule has 2 aromatic carbocycles. The number of hydrogen-bond donors (Lipinski definition) is 2. The van der Waals surface area contributed by atoms with E-state index in [0.717, 1.165) is 59.3 Å². The summed E-state index contributed by atoms with van der Waals surface area (Å²) in [5.74, 6) is -0.878. The Bertz CT molecular complexity index is 1290. The van der Waals surface area contributed by atoms with Crippen LogP contribution >= 0.6 is 0 Å². The number of carbonyl (C=O) groups is 2. The molecule has 2 N–H and O–H groups in total. The zero-order chi connectivity index (χ0) is 25.7. The van der Waals surface area contributed by atoms with Crippen LogP contribution in [0.25, 0.3) is 0 Å². The van der Waals surface area contributed by atoms with Crippen LogP contribution in [0.3, 0.4) is 0 Å². The van der Waals surface area contributed by atoms with Gasteiger partial charge in [-0.25, -0.2) is 4.68 Å². The maximum Gasteiger partial charge on any atom is 0.303 e. The van der Waals surface area contributed by atoms with Gasteiger partial charge in [-0.1, -0.05) is 49.2 Å². The van der Waals surface area contributed by atoms with Crippen molar-refractivity contribution in [1.82, 2.24) is 9.78 Å². The third-order valence-corrected chi connectivity index (χ3v) is 7.14. The van der Waals surface area contributed by atoms with Crippen LogP contribution < -0.4 is 10.9 Å². The monoisotopic (exact) mass is 487 g/mol. The summed E-state index contributed by atoms with van der Waals surface area (Å²) in [5, 5.41) is 16.5. The normalized spacial score (nSPS) is 14.5. The minimum absolute atomic E-state index is 0.0373. The molecule has 36 heavy (non-hydrogen) atoms. The largest absolute Gasteiger partial charge is 0.481 e. The quantitative estimate of drug-likeness (QED) is 0.450. The van der Waals surface area contributed by atoms with Crippen LogP contribution in [0, 0.1) is 19.8 Å². The van der Waals surface area contributed by atoms with E-state index in [2.05, 4.69) is 10.4 Å². The highest BCUT2D eigenvalue weighted by Gasteiger charge is 2.32. The molecule has 1 saturated carbocycles. The number of hydrogen-bond acceptors (Lipinski definition) is 4.